The van der Waals surface area contributed by atoms with Crippen molar-refractivity contribution in [3.63, 3.8) is 0 Å². The minimum absolute atomic E-state index is 0.0117. The molecule has 3 aromatic rings. The lowest BCUT2D eigenvalue weighted by Crippen LogP contribution is -2.57. The second kappa shape index (κ2) is 13.0. The summed E-state index contributed by atoms with van der Waals surface area (Å²) in [6, 6.07) is 8.05. The number of piperazine rings is 1. The van der Waals surface area contributed by atoms with E-state index in [2.05, 4.69) is 16.3 Å². The highest BCUT2D eigenvalue weighted by Crippen LogP contribution is 2.52. The number of hydrogen-bond acceptors (Lipinski definition) is 7. The van der Waals surface area contributed by atoms with E-state index in [9.17, 15) is 22.4 Å². The molecule has 0 bridgehead atoms. The van der Waals surface area contributed by atoms with E-state index in [1.54, 1.807) is 6.07 Å². The summed E-state index contributed by atoms with van der Waals surface area (Å²) in [4.78, 5) is 32.8. The predicted molar refractivity (Wildman–Crippen MR) is 176 cm³/mol. The fourth-order valence-corrected chi connectivity index (χ4v) is 7.67. The lowest BCUT2D eigenvalue weighted by molar-refractivity contribution is -0.178. The number of halogens is 5. The van der Waals surface area contributed by atoms with E-state index in [-0.39, 0.29) is 50.1 Å². The Morgan fingerprint density at radius 1 is 1.17 bits per heavy atom. The van der Waals surface area contributed by atoms with Gasteiger partial charge >= 0.3 is 6.01 Å². The Kier molecular flexibility index (Phi) is 9.17. The number of aromatic nitrogens is 2. The van der Waals surface area contributed by atoms with Crippen molar-refractivity contribution in [1.29, 1.82) is 0 Å². The van der Waals surface area contributed by atoms with E-state index >= 15 is 0 Å². The molecule has 2 aromatic carbocycles. The summed E-state index contributed by atoms with van der Waals surface area (Å²) in [6.45, 7) is 12.4. The van der Waals surface area contributed by atoms with Gasteiger partial charge in [0, 0.05) is 67.6 Å². The molecule has 0 radical (unpaired) electrons. The fourth-order valence-electron chi connectivity index (χ4n) is 7.40. The van der Waals surface area contributed by atoms with Crippen LogP contribution in [0, 0.1) is 17.8 Å². The van der Waals surface area contributed by atoms with Crippen LogP contribution < -0.4 is 14.5 Å². The molecule has 2 aliphatic heterocycles. The van der Waals surface area contributed by atoms with E-state index in [0.717, 1.165) is 16.6 Å². The van der Waals surface area contributed by atoms with Gasteiger partial charge in [-0.1, -0.05) is 36.4 Å². The number of rotatable bonds is 9. The molecule has 3 aliphatic rings. The molecule has 1 saturated heterocycles. The molecule has 1 saturated carbocycles. The smallest absolute Gasteiger partial charge is 0.318 e. The van der Waals surface area contributed by atoms with Crippen LogP contribution in [0.3, 0.4) is 0 Å². The van der Waals surface area contributed by atoms with Crippen molar-refractivity contribution < 1.29 is 27.1 Å². The van der Waals surface area contributed by atoms with E-state index in [0.29, 0.717) is 49.5 Å². The molecule has 1 atom stereocenters. The first-order valence-corrected chi connectivity index (χ1v) is 16.1. The minimum Gasteiger partial charge on any atom is -0.463 e. The maximum absolute atomic E-state index is 14.6. The van der Waals surface area contributed by atoms with Crippen LogP contribution in [0.5, 0.6) is 6.01 Å². The lowest BCUT2D eigenvalue weighted by atomic mass is 9.66. The highest BCUT2D eigenvalue weighted by atomic mass is 35.5. The number of fused-ring (bicyclic) bond motifs is 2. The summed E-state index contributed by atoms with van der Waals surface area (Å²) < 4.78 is 62.8. The van der Waals surface area contributed by atoms with Crippen LogP contribution in [0.2, 0.25) is 5.02 Å². The number of alkyl halides is 2. The maximum atomic E-state index is 14.6. The van der Waals surface area contributed by atoms with Crippen molar-refractivity contribution in [2.75, 3.05) is 69.8 Å². The van der Waals surface area contributed by atoms with Gasteiger partial charge in [0.25, 0.3) is 5.91 Å². The highest BCUT2D eigenvalue weighted by Gasteiger charge is 2.57. The third kappa shape index (κ3) is 6.60. The quantitative estimate of drug-likeness (QED) is 0.161. The molecule has 48 heavy (non-hydrogen) atoms. The van der Waals surface area contributed by atoms with Gasteiger partial charge in [-0.3, -0.25) is 4.79 Å². The van der Waals surface area contributed by atoms with Gasteiger partial charge in [0.1, 0.15) is 17.7 Å². The molecule has 14 heteroatoms. The average Bonchev–Trinajstić information content (AvgIpc) is 3.03. The molecule has 3 heterocycles. The number of anilines is 2. The molecule has 1 amide bonds. The van der Waals surface area contributed by atoms with Crippen molar-refractivity contribution in [3.05, 3.63) is 76.3 Å². The van der Waals surface area contributed by atoms with E-state index in [4.69, 9.17) is 32.9 Å². The average molecular weight is 686 g/mol. The molecular weight excluding hydrogens is 650 g/mol. The Labute approximate surface area is 281 Å². The standard InChI is InChI=1S/C34H36ClF4N7O2/c1-21(36)31(47)46-13-12-45(15-23(46)14-40-2)30-24-10-11-44(27-7-5-6-22-8-9-25(37)29(35)28(22)27)16-26(24)41-32(42-30)48-20-33(19-43(3)4)17-34(38,39)18-33/h5-9,23H,1,10-20H2,3-4H3/t23-/m0/s1. The summed E-state index contributed by atoms with van der Waals surface area (Å²) in [5.41, 5.74) is 1.45. The number of benzene rings is 2. The van der Waals surface area contributed by atoms with E-state index in [1.165, 1.54) is 11.0 Å². The van der Waals surface area contributed by atoms with Gasteiger partial charge in [0.15, 0.2) is 5.83 Å². The molecular formula is C34H36ClF4N7O2. The number of amides is 1. The second-order valence-corrected chi connectivity index (χ2v) is 13.6. The summed E-state index contributed by atoms with van der Waals surface area (Å²) >= 11 is 6.47. The predicted octanol–water partition coefficient (Wildman–Crippen LogP) is 5.76. The molecule has 1 aliphatic carbocycles. The number of nitrogens with zero attached hydrogens (tertiary/aromatic N) is 7. The van der Waals surface area contributed by atoms with Crippen LogP contribution in [0.25, 0.3) is 15.6 Å². The molecule has 2 fully saturated rings. The topological polar surface area (TPSA) is 69.4 Å². The van der Waals surface area contributed by atoms with Gasteiger partial charge in [-0.15, -0.1) is 0 Å². The zero-order valence-corrected chi connectivity index (χ0v) is 27.5. The van der Waals surface area contributed by atoms with Crippen LogP contribution in [0.4, 0.5) is 29.1 Å². The van der Waals surface area contributed by atoms with Gasteiger partial charge in [-0.05, 0) is 38.0 Å². The van der Waals surface area contributed by atoms with Crippen molar-refractivity contribution in [2.45, 2.75) is 37.8 Å². The lowest BCUT2D eigenvalue weighted by Gasteiger charge is -2.48. The first-order chi connectivity index (χ1) is 22.8. The van der Waals surface area contributed by atoms with Crippen molar-refractivity contribution in [2.24, 2.45) is 5.41 Å². The fraction of sp³-hybridized carbons (Fsp3) is 0.471. The summed E-state index contributed by atoms with van der Waals surface area (Å²) in [5, 5.41) is 1.40. The maximum Gasteiger partial charge on any atom is 0.318 e. The number of carbonyl (C=O) groups excluding carboxylic acids is 1. The van der Waals surface area contributed by atoms with Gasteiger partial charge in [-0.25, -0.2) is 24.1 Å². The molecule has 0 N–H and O–H groups in total. The SMILES string of the molecule is [C-]#[N+]C[C@H]1CN(c2nc(OCC3(CN(C)C)CC(F)(F)C3)nc3c2CCN(c2cccc4ccc(F)c(Cl)c24)C3)CCN1C(=O)C(=C)F. The van der Waals surface area contributed by atoms with Gasteiger partial charge < -0.3 is 29.2 Å². The third-order valence-corrected chi connectivity index (χ3v) is 9.65. The first-order valence-electron chi connectivity index (χ1n) is 15.7. The number of hydrogen-bond donors (Lipinski definition) is 0. The summed E-state index contributed by atoms with van der Waals surface area (Å²) in [7, 11) is 3.65. The molecule has 0 unspecified atom stereocenters. The summed E-state index contributed by atoms with van der Waals surface area (Å²) in [5.74, 6) is -4.67. The van der Waals surface area contributed by atoms with Crippen molar-refractivity contribution >= 4 is 39.8 Å². The highest BCUT2D eigenvalue weighted by molar-refractivity contribution is 6.36. The first kappa shape index (κ1) is 33.7. The van der Waals surface area contributed by atoms with Crippen LogP contribution >= 0.6 is 11.6 Å². The van der Waals surface area contributed by atoms with Gasteiger partial charge in [-0.2, -0.15) is 9.97 Å². The molecule has 0 spiro atoms. The molecule has 9 nitrogen and oxygen atoms in total. The van der Waals surface area contributed by atoms with Crippen molar-refractivity contribution in [3.8, 4) is 6.01 Å². The Balaban J connectivity index is 1.36. The van der Waals surface area contributed by atoms with Crippen LogP contribution in [-0.4, -0.2) is 97.6 Å². The third-order valence-electron chi connectivity index (χ3n) is 9.28. The molecule has 254 valence electrons. The monoisotopic (exact) mass is 685 g/mol. The Bertz CT molecular complexity index is 1790. The zero-order valence-electron chi connectivity index (χ0n) is 26.8. The zero-order chi connectivity index (χ0) is 34.4. The van der Waals surface area contributed by atoms with E-state index < -0.39 is 34.9 Å². The molecule has 1 aromatic heterocycles. The number of ether oxygens (including phenoxy) is 1. The Morgan fingerprint density at radius 2 is 1.94 bits per heavy atom. The molecule has 6 rings (SSSR count). The van der Waals surface area contributed by atoms with Gasteiger partial charge in [0.05, 0.1) is 23.9 Å². The van der Waals surface area contributed by atoms with Crippen LogP contribution in [0.1, 0.15) is 24.1 Å². The van der Waals surface area contributed by atoms with Gasteiger partial charge in [0.2, 0.25) is 12.5 Å². The number of carbonyl (C=O) groups is 1. The van der Waals surface area contributed by atoms with Crippen molar-refractivity contribution in [1.82, 2.24) is 19.8 Å². The van der Waals surface area contributed by atoms with Crippen LogP contribution in [0.15, 0.2) is 42.7 Å². The second-order valence-electron chi connectivity index (χ2n) is 13.2. The Hall–Kier alpha value is -4.15. The van der Waals surface area contributed by atoms with E-state index in [1.807, 2.05) is 42.1 Å². The minimum atomic E-state index is -2.76. The normalized spacial score (nSPS) is 19.9. The summed E-state index contributed by atoms with van der Waals surface area (Å²) in [6.07, 6.45) is -0.119. The largest absolute Gasteiger partial charge is 0.463 e. The van der Waals surface area contributed by atoms with Crippen LogP contribution in [-0.2, 0) is 17.8 Å². The Morgan fingerprint density at radius 3 is 2.62 bits per heavy atom.